The van der Waals surface area contributed by atoms with Crippen molar-refractivity contribution < 1.29 is 14.3 Å². The second kappa shape index (κ2) is 9.82. The van der Waals surface area contributed by atoms with E-state index < -0.39 is 0 Å². The van der Waals surface area contributed by atoms with Crippen molar-refractivity contribution >= 4 is 29.3 Å². The van der Waals surface area contributed by atoms with Gasteiger partial charge in [0.2, 0.25) is 5.91 Å². The van der Waals surface area contributed by atoms with E-state index in [0.717, 1.165) is 24.2 Å². The van der Waals surface area contributed by atoms with Crippen LogP contribution in [0.2, 0.25) is 0 Å². The molecule has 1 fully saturated rings. The summed E-state index contributed by atoms with van der Waals surface area (Å²) in [7, 11) is 0. The Balaban J connectivity index is 1.34. The van der Waals surface area contributed by atoms with Crippen LogP contribution in [-0.4, -0.2) is 65.7 Å². The Bertz CT molecular complexity index is 1130. The second-order valence-electron chi connectivity index (χ2n) is 8.53. The van der Waals surface area contributed by atoms with Crippen molar-refractivity contribution in [3.05, 3.63) is 59.2 Å². The van der Waals surface area contributed by atoms with Crippen LogP contribution in [0.1, 0.15) is 34.3 Å². The van der Waals surface area contributed by atoms with Crippen molar-refractivity contribution in [3.63, 3.8) is 0 Å². The molecule has 0 radical (unpaired) electrons. The van der Waals surface area contributed by atoms with Crippen LogP contribution >= 0.6 is 0 Å². The Hall–Kier alpha value is -4.08. The minimum absolute atomic E-state index is 0.0506. The molecule has 2 aromatic rings. The van der Waals surface area contributed by atoms with Crippen LogP contribution in [0, 0.1) is 10.8 Å². The number of nitrogen functional groups attached to an aromatic ring is 1. The molecule has 2 amide bonds. The molecule has 4 rings (SSSR count). The van der Waals surface area contributed by atoms with E-state index in [2.05, 4.69) is 5.32 Å². The highest BCUT2D eigenvalue weighted by molar-refractivity contribution is 6.02. The summed E-state index contributed by atoms with van der Waals surface area (Å²) in [5.41, 5.74) is 13.6. The lowest BCUT2D eigenvalue weighted by Crippen LogP contribution is -2.44. The van der Waals surface area contributed by atoms with Crippen LogP contribution < -0.4 is 21.5 Å². The summed E-state index contributed by atoms with van der Waals surface area (Å²) in [5, 5.41) is 17.8. The average molecular weight is 464 g/mol. The average Bonchev–Trinajstić information content (AvgIpc) is 2.81. The van der Waals surface area contributed by atoms with Gasteiger partial charge in [0, 0.05) is 49.3 Å². The molecule has 7 N–H and O–H groups in total. The summed E-state index contributed by atoms with van der Waals surface area (Å²) in [4.78, 5) is 28.9. The molecular weight excluding hydrogens is 434 g/mol. The van der Waals surface area contributed by atoms with E-state index in [1.807, 2.05) is 11.0 Å². The van der Waals surface area contributed by atoms with Gasteiger partial charge in [0.15, 0.2) is 5.96 Å². The maximum absolute atomic E-state index is 13.0. The van der Waals surface area contributed by atoms with Gasteiger partial charge in [-0.15, -0.1) is 0 Å². The molecule has 0 aliphatic carbocycles. The van der Waals surface area contributed by atoms with Gasteiger partial charge in [-0.25, -0.2) is 0 Å². The smallest absolute Gasteiger partial charge is 0.254 e. The van der Waals surface area contributed by atoms with Crippen LogP contribution in [0.15, 0.2) is 42.5 Å². The summed E-state index contributed by atoms with van der Waals surface area (Å²) in [6.45, 7) is 1.77. The molecule has 178 valence electrons. The van der Waals surface area contributed by atoms with Crippen molar-refractivity contribution in [2.24, 2.45) is 11.5 Å². The number of rotatable bonds is 6. The fourth-order valence-electron chi connectivity index (χ4n) is 4.28. The first kappa shape index (κ1) is 23.1. The molecule has 2 aliphatic heterocycles. The molecule has 0 aromatic heterocycles. The number of nitrogens with one attached hydrogen (secondary N) is 3. The van der Waals surface area contributed by atoms with Gasteiger partial charge < -0.3 is 31.3 Å². The topological polar surface area (TPSA) is 162 Å². The van der Waals surface area contributed by atoms with Gasteiger partial charge in [-0.3, -0.25) is 20.4 Å². The number of nitrogens with zero attached hydrogens (tertiary/aromatic N) is 2. The molecule has 0 unspecified atom stereocenters. The van der Waals surface area contributed by atoms with E-state index in [1.165, 1.54) is 4.90 Å². The molecule has 10 nitrogen and oxygen atoms in total. The normalized spacial score (nSPS) is 16.1. The number of piperidine rings is 1. The Morgan fingerprint density at radius 2 is 1.85 bits per heavy atom. The van der Waals surface area contributed by atoms with Crippen LogP contribution in [0.25, 0.3) is 0 Å². The minimum Gasteiger partial charge on any atom is -0.490 e. The van der Waals surface area contributed by atoms with Gasteiger partial charge in [0.1, 0.15) is 24.2 Å². The highest BCUT2D eigenvalue weighted by atomic mass is 16.5. The monoisotopic (exact) mass is 463 g/mol. The fraction of sp³-hybridized carbons (Fsp3) is 0.333. The van der Waals surface area contributed by atoms with E-state index in [1.54, 1.807) is 36.4 Å². The van der Waals surface area contributed by atoms with E-state index in [4.69, 9.17) is 27.0 Å². The van der Waals surface area contributed by atoms with Crippen molar-refractivity contribution in [3.8, 4) is 5.75 Å². The molecule has 2 aromatic carbocycles. The quantitative estimate of drug-likeness (QED) is 0.321. The zero-order valence-electron chi connectivity index (χ0n) is 18.8. The van der Waals surface area contributed by atoms with Gasteiger partial charge in [0.25, 0.3) is 5.91 Å². The molecular formula is C24H29N7O3. The summed E-state index contributed by atoms with van der Waals surface area (Å²) in [5.74, 6) is 0.242. The molecule has 34 heavy (non-hydrogen) atoms. The predicted molar refractivity (Wildman–Crippen MR) is 129 cm³/mol. The fourth-order valence-corrected chi connectivity index (χ4v) is 4.28. The number of fused-ring (bicyclic) bond motifs is 1. The van der Waals surface area contributed by atoms with Gasteiger partial charge in [0.05, 0.1) is 0 Å². The third-order valence-electron chi connectivity index (χ3n) is 6.12. The second-order valence-corrected chi connectivity index (χ2v) is 8.53. The number of carbonyl (C=O) groups is 2. The third kappa shape index (κ3) is 5.28. The molecule has 1 saturated heterocycles. The van der Waals surface area contributed by atoms with Crippen LogP contribution in [0.5, 0.6) is 5.75 Å². The molecule has 10 heteroatoms. The maximum atomic E-state index is 13.0. The number of benzene rings is 2. The van der Waals surface area contributed by atoms with Crippen LogP contribution in [-0.2, 0) is 11.2 Å². The highest BCUT2D eigenvalue weighted by Crippen LogP contribution is 2.26. The summed E-state index contributed by atoms with van der Waals surface area (Å²) in [6.07, 6.45) is 2.25. The van der Waals surface area contributed by atoms with Gasteiger partial charge >= 0.3 is 0 Å². The van der Waals surface area contributed by atoms with Crippen molar-refractivity contribution in [2.45, 2.75) is 25.4 Å². The van der Waals surface area contributed by atoms with Crippen molar-refractivity contribution in [1.29, 1.82) is 10.8 Å². The number of amides is 2. The van der Waals surface area contributed by atoms with E-state index in [9.17, 15) is 9.59 Å². The molecule has 0 spiro atoms. The van der Waals surface area contributed by atoms with Crippen molar-refractivity contribution in [2.75, 3.05) is 31.5 Å². The number of nitrogens with two attached hydrogens (primary N) is 2. The first-order valence-corrected chi connectivity index (χ1v) is 11.2. The first-order chi connectivity index (χ1) is 16.3. The number of amidine groups is 1. The minimum atomic E-state index is -0.311. The largest absolute Gasteiger partial charge is 0.490 e. The van der Waals surface area contributed by atoms with E-state index in [0.29, 0.717) is 42.9 Å². The third-order valence-corrected chi connectivity index (χ3v) is 6.12. The number of ether oxygens (including phenoxy) is 1. The number of likely N-dealkylation sites (tertiary alicyclic amines) is 1. The number of hydrogen-bond acceptors (Lipinski definition) is 5. The zero-order chi connectivity index (χ0) is 24.2. The molecule has 0 atom stereocenters. The Morgan fingerprint density at radius 3 is 2.56 bits per heavy atom. The van der Waals surface area contributed by atoms with Gasteiger partial charge in [-0.2, -0.15) is 0 Å². The first-order valence-electron chi connectivity index (χ1n) is 11.2. The number of guanidine groups is 1. The lowest BCUT2D eigenvalue weighted by Gasteiger charge is -2.32. The maximum Gasteiger partial charge on any atom is 0.254 e. The van der Waals surface area contributed by atoms with E-state index in [-0.39, 0.29) is 36.3 Å². The molecule has 0 saturated carbocycles. The highest BCUT2D eigenvalue weighted by Gasteiger charge is 2.27. The van der Waals surface area contributed by atoms with Gasteiger partial charge in [-0.05, 0) is 42.3 Å². The van der Waals surface area contributed by atoms with Crippen LogP contribution in [0.4, 0.5) is 5.69 Å². The number of carbonyl (C=O) groups excluding carboxylic acids is 2. The SMILES string of the molecule is N=C(N)c1cccc(NC(=O)CN2CCc3cc(OC4CCN(C(=N)N)CC4)ccc3C2=O)c1. The zero-order valence-corrected chi connectivity index (χ0v) is 18.8. The molecule has 2 aliphatic rings. The Labute approximate surface area is 197 Å². The lowest BCUT2D eigenvalue weighted by molar-refractivity contribution is -0.116. The number of anilines is 1. The van der Waals surface area contributed by atoms with E-state index >= 15 is 0 Å². The Kier molecular flexibility index (Phi) is 6.67. The molecule has 0 bridgehead atoms. The summed E-state index contributed by atoms with van der Waals surface area (Å²) in [6, 6.07) is 12.2. The van der Waals surface area contributed by atoms with Crippen molar-refractivity contribution in [1.82, 2.24) is 9.80 Å². The van der Waals surface area contributed by atoms with Crippen LogP contribution in [0.3, 0.4) is 0 Å². The Morgan fingerprint density at radius 1 is 1.09 bits per heavy atom. The summed E-state index contributed by atoms with van der Waals surface area (Å²) >= 11 is 0. The standard InChI is InChI=1S/C24H29N7O3/c25-22(26)16-2-1-3-17(12-16)29-21(32)14-31-9-6-15-13-19(4-5-20(15)23(31)33)34-18-7-10-30(11-8-18)24(27)28/h1-5,12-13,18H,6-11,14H2,(H3,25,26)(H3,27,28)(H,29,32). The van der Waals surface area contributed by atoms with Gasteiger partial charge in [-0.1, -0.05) is 12.1 Å². The molecule has 2 heterocycles. The number of hydrogen-bond donors (Lipinski definition) is 5. The predicted octanol–water partition coefficient (Wildman–Crippen LogP) is 1.34. The lowest BCUT2D eigenvalue weighted by atomic mass is 9.98. The summed E-state index contributed by atoms with van der Waals surface area (Å²) < 4.78 is 6.12.